The van der Waals surface area contributed by atoms with Crippen LogP contribution in [0.1, 0.15) is 12.0 Å². The Balaban J connectivity index is 2.30. The average molecular weight is 226 g/mol. The fourth-order valence-corrected chi connectivity index (χ4v) is 2.20. The quantitative estimate of drug-likeness (QED) is 0.822. The summed E-state index contributed by atoms with van der Waals surface area (Å²) in [5.41, 5.74) is 6.28. The maximum absolute atomic E-state index is 10.9. The van der Waals surface area contributed by atoms with Gasteiger partial charge in [0, 0.05) is 17.0 Å². The van der Waals surface area contributed by atoms with E-state index in [4.69, 9.17) is 22.4 Å². The molecule has 0 unspecified atom stereocenters. The highest BCUT2D eigenvalue weighted by molar-refractivity contribution is 6.30. The van der Waals surface area contributed by atoms with Crippen LogP contribution in [0.3, 0.4) is 0 Å². The number of hydrogen-bond acceptors (Lipinski definition) is 2. The molecule has 80 valence electrons. The zero-order valence-corrected chi connectivity index (χ0v) is 8.87. The lowest BCUT2D eigenvalue weighted by Crippen LogP contribution is -2.24. The Kier molecular flexibility index (Phi) is 2.44. The molecule has 0 radical (unpaired) electrons. The minimum Gasteiger partial charge on any atom is -0.481 e. The van der Waals surface area contributed by atoms with E-state index < -0.39 is 5.97 Å². The van der Waals surface area contributed by atoms with Gasteiger partial charge in [-0.3, -0.25) is 4.79 Å². The van der Waals surface area contributed by atoms with Crippen LogP contribution in [0.4, 0.5) is 0 Å². The molecule has 1 fully saturated rings. The summed E-state index contributed by atoms with van der Waals surface area (Å²) in [7, 11) is 0. The SMILES string of the molecule is NC[C@]1(c2ccc(Cl)cc2)C[C@@H]1C(=O)O. The van der Waals surface area contributed by atoms with Crippen molar-refractivity contribution in [2.24, 2.45) is 11.7 Å². The Morgan fingerprint density at radius 2 is 2.13 bits per heavy atom. The standard InChI is InChI=1S/C11H12ClNO2/c12-8-3-1-7(2-4-8)11(6-13)5-9(11)10(14)15/h1-4,9H,5-6,13H2,(H,14,15)/t9-,11+/m1/s1. The second-order valence-corrected chi connectivity index (χ2v) is 4.40. The van der Waals surface area contributed by atoms with Crippen LogP contribution < -0.4 is 5.73 Å². The molecule has 1 aliphatic rings. The predicted octanol–water partition coefficient (Wildman–Crippen LogP) is 1.64. The molecule has 2 rings (SSSR count). The van der Waals surface area contributed by atoms with Crippen molar-refractivity contribution in [2.75, 3.05) is 6.54 Å². The number of hydrogen-bond donors (Lipinski definition) is 2. The molecule has 15 heavy (non-hydrogen) atoms. The first-order valence-corrected chi connectivity index (χ1v) is 5.17. The highest BCUT2D eigenvalue weighted by Crippen LogP contribution is 2.53. The van der Waals surface area contributed by atoms with Crippen LogP contribution in [-0.4, -0.2) is 17.6 Å². The fourth-order valence-electron chi connectivity index (χ4n) is 2.07. The van der Waals surface area contributed by atoms with Gasteiger partial charge < -0.3 is 10.8 Å². The number of aliphatic carboxylic acids is 1. The number of halogens is 1. The highest BCUT2D eigenvalue weighted by Gasteiger charge is 2.58. The molecule has 1 saturated carbocycles. The van der Waals surface area contributed by atoms with Crippen LogP contribution in [-0.2, 0) is 10.2 Å². The number of benzene rings is 1. The van der Waals surface area contributed by atoms with Gasteiger partial charge in [-0.1, -0.05) is 23.7 Å². The zero-order chi connectivity index (χ0) is 11.1. The highest BCUT2D eigenvalue weighted by atomic mass is 35.5. The third kappa shape index (κ3) is 1.62. The summed E-state index contributed by atoms with van der Waals surface area (Å²) in [6.07, 6.45) is 0.625. The van der Waals surface area contributed by atoms with E-state index in [1.165, 1.54) is 0 Å². The van der Waals surface area contributed by atoms with Gasteiger partial charge in [0.1, 0.15) is 0 Å². The molecule has 3 nitrogen and oxygen atoms in total. The molecular weight excluding hydrogens is 214 g/mol. The molecule has 0 heterocycles. The van der Waals surface area contributed by atoms with Gasteiger partial charge >= 0.3 is 5.97 Å². The molecule has 0 aromatic heterocycles. The average Bonchev–Trinajstić information content (AvgIpc) is 2.95. The molecule has 0 saturated heterocycles. The van der Waals surface area contributed by atoms with Crippen LogP contribution in [0.5, 0.6) is 0 Å². The van der Waals surface area contributed by atoms with Crippen molar-refractivity contribution in [3.8, 4) is 0 Å². The summed E-state index contributed by atoms with van der Waals surface area (Å²) in [6.45, 7) is 0.367. The second-order valence-electron chi connectivity index (χ2n) is 3.96. The lowest BCUT2D eigenvalue weighted by Gasteiger charge is -2.14. The minimum absolute atomic E-state index is 0.344. The van der Waals surface area contributed by atoms with Gasteiger partial charge in [0.25, 0.3) is 0 Å². The van der Waals surface area contributed by atoms with Crippen LogP contribution >= 0.6 is 11.6 Å². The normalized spacial score (nSPS) is 28.8. The zero-order valence-electron chi connectivity index (χ0n) is 8.11. The monoisotopic (exact) mass is 225 g/mol. The van der Waals surface area contributed by atoms with Crippen molar-refractivity contribution < 1.29 is 9.90 Å². The first kappa shape index (κ1) is 10.5. The van der Waals surface area contributed by atoms with Crippen molar-refractivity contribution in [2.45, 2.75) is 11.8 Å². The van der Waals surface area contributed by atoms with Crippen molar-refractivity contribution in [1.82, 2.24) is 0 Å². The Labute approximate surface area is 92.8 Å². The van der Waals surface area contributed by atoms with Gasteiger partial charge in [-0.15, -0.1) is 0 Å². The molecule has 1 aliphatic carbocycles. The third-order valence-electron chi connectivity index (χ3n) is 3.16. The largest absolute Gasteiger partial charge is 0.481 e. The number of carboxylic acids is 1. The number of carboxylic acid groups (broad SMARTS) is 1. The minimum atomic E-state index is -0.768. The van der Waals surface area contributed by atoms with E-state index in [9.17, 15) is 4.79 Å². The molecule has 4 heteroatoms. The molecular formula is C11H12ClNO2. The maximum atomic E-state index is 10.9. The van der Waals surface area contributed by atoms with E-state index >= 15 is 0 Å². The third-order valence-corrected chi connectivity index (χ3v) is 3.41. The summed E-state index contributed by atoms with van der Waals surface area (Å²) < 4.78 is 0. The summed E-state index contributed by atoms with van der Waals surface area (Å²) in [4.78, 5) is 10.9. The van der Waals surface area contributed by atoms with Gasteiger partial charge in [0.15, 0.2) is 0 Å². The van der Waals surface area contributed by atoms with Crippen LogP contribution in [0.25, 0.3) is 0 Å². The fraction of sp³-hybridized carbons (Fsp3) is 0.364. The Morgan fingerprint density at radius 1 is 1.53 bits per heavy atom. The lowest BCUT2D eigenvalue weighted by atomic mass is 9.93. The van der Waals surface area contributed by atoms with E-state index in [2.05, 4.69) is 0 Å². The molecule has 0 amide bonds. The molecule has 3 N–H and O–H groups in total. The molecule has 0 bridgehead atoms. The number of carbonyl (C=O) groups is 1. The van der Waals surface area contributed by atoms with Gasteiger partial charge in [-0.05, 0) is 24.1 Å². The summed E-state index contributed by atoms with van der Waals surface area (Å²) in [5.74, 6) is -1.11. The summed E-state index contributed by atoms with van der Waals surface area (Å²) in [5, 5.41) is 9.61. The summed E-state index contributed by atoms with van der Waals surface area (Å²) >= 11 is 5.78. The Hall–Kier alpha value is -1.06. The van der Waals surface area contributed by atoms with Crippen molar-refractivity contribution >= 4 is 17.6 Å². The number of nitrogens with two attached hydrogens (primary N) is 1. The van der Waals surface area contributed by atoms with Gasteiger partial charge in [0.05, 0.1) is 5.92 Å². The molecule has 0 spiro atoms. The number of rotatable bonds is 3. The molecule has 0 aliphatic heterocycles. The topological polar surface area (TPSA) is 63.3 Å². The van der Waals surface area contributed by atoms with E-state index in [1.54, 1.807) is 12.1 Å². The first-order chi connectivity index (χ1) is 7.10. The van der Waals surface area contributed by atoms with Crippen molar-refractivity contribution in [3.63, 3.8) is 0 Å². The first-order valence-electron chi connectivity index (χ1n) is 4.79. The van der Waals surface area contributed by atoms with Gasteiger partial charge in [-0.25, -0.2) is 0 Å². The molecule has 2 atom stereocenters. The molecule has 1 aromatic carbocycles. The maximum Gasteiger partial charge on any atom is 0.307 e. The van der Waals surface area contributed by atoms with E-state index in [0.29, 0.717) is 18.0 Å². The van der Waals surface area contributed by atoms with E-state index in [-0.39, 0.29) is 11.3 Å². The second kappa shape index (κ2) is 3.51. The van der Waals surface area contributed by atoms with Gasteiger partial charge in [-0.2, -0.15) is 0 Å². The van der Waals surface area contributed by atoms with Crippen molar-refractivity contribution in [3.05, 3.63) is 34.9 Å². The van der Waals surface area contributed by atoms with Gasteiger partial charge in [0.2, 0.25) is 0 Å². The Morgan fingerprint density at radius 3 is 2.53 bits per heavy atom. The van der Waals surface area contributed by atoms with Crippen LogP contribution in [0.2, 0.25) is 5.02 Å². The van der Waals surface area contributed by atoms with E-state index in [1.807, 2.05) is 12.1 Å². The smallest absolute Gasteiger partial charge is 0.307 e. The molecule has 1 aromatic rings. The van der Waals surface area contributed by atoms with E-state index in [0.717, 1.165) is 5.56 Å². The van der Waals surface area contributed by atoms with Crippen LogP contribution in [0, 0.1) is 5.92 Å². The summed E-state index contributed by atoms with van der Waals surface area (Å²) in [6, 6.07) is 7.26. The lowest BCUT2D eigenvalue weighted by molar-refractivity contribution is -0.139. The van der Waals surface area contributed by atoms with Crippen LogP contribution in [0.15, 0.2) is 24.3 Å². The predicted molar refractivity (Wildman–Crippen MR) is 57.9 cm³/mol. The van der Waals surface area contributed by atoms with Crippen molar-refractivity contribution in [1.29, 1.82) is 0 Å². The Bertz CT molecular complexity index is 390.